The van der Waals surface area contributed by atoms with Crippen LogP contribution in [0.2, 0.25) is 0 Å². The Balaban J connectivity index is 2.32. The lowest BCUT2D eigenvalue weighted by Gasteiger charge is -2.07. The first-order valence-electron chi connectivity index (χ1n) is 7.02. The summed E-state index contributed by atoms with van der Waals surface area (Å²) >= 11 is 2.94. The Hall–Kier alpha value is -1.66. The summed E-state index contributed by atoms with van der Waals surface area (Å²) in [5.74, 6) is 2.16. The number of hydrogen-bond donors (Lipinski definition) is 2. The van der Waals surface area contributed by atoms with Gasteiger partial charge in [-0.2, -0.15) is 0 Å². The van der Waals surface area contributed by atoms with Crippen LogP contribution in [0.4, 0.5) is 0 Å². The Labute approximate surface area is 139 Å². The maximum Gasteiger partial charge on any atom is 0.184 e. The van der Waals surface area contributed by atoms with Crippen LogP contribution in [0.25, 0.3) is 11.3 Å². The van der Waals surface area contributed by atoms with E-state index in [1.165, 1.54) is 23.5 Å². The molecule has 1 aromatic carbocycles. The fraction of sp³-hybridized carbons (Fsp3) is 0.250. The van der Waals surface area contributed by atoms with Gasteiger partial charge in [0, 0.05) is 17.3 Å². The quantitative estimate of drug-likeness (QED) is 0.633. The van der Waals surface area contributed by atoms with Gasteiger partial charge in [-0.1, -0.05) is 32.0 Å². The van der Waals surface area contributed by atoms with Gasteiger partial charge in [0.05, 0.1) is 10.7 Å². The van der Waals surface area contributed by atoms with E-state index in [0.29, 0.717) is 15.9 Å². The highest BCUT2D eigenvalue weighted by Crippen LogP contribution is 2.21. The molecule has 2 N–H and O–H groups in total. The fourth-order valence-electron chi connectivity index (χ4n) is 1.89. The SMILES string of the molecule is CCSC(=N)c1cccc(-c2ccnc(C(=N)SCC)n2)c1. The van der Waals surface area contributed by atoms with Crippen molar-refractivity contribution in [1.82, 2.24) is 9.97 Å². The van der Waals surface area contributed by atoms with E-state index >= 15 is 0 Å². The second-order valence-corrected chi connectivity index (χ2v) is 6.92. The summed E-state index contributed by atoms with van der Waals surface area (Å²) in [6.45, 7) is 4.04. The molecule has 2 aromatic rings. The highest BCUT2D eigenvalue weighted by molar-refractivity contribution is 8.14. The Morgan fingerprint density at radius 2 is 1.77 bits per heavy atom. The predicted molar refractivity (Wildman–Crippen MR) is 97.4 cm³/mol. The van der Waals surface area contributed by atoms with Gasteiger partial charge in [0.1, 0.15) is 5.04 Å². The second-order valence-electron chi connectivity index (χ2n) is 4.37. The van der Waals surface area contributed by atoms with Crippen LogP contribution in [0.1, 0.15) is 25.2 Å². The molecule has 0 radical (unpaired) electrons. The van der Waals surface area contributed by atoms with Crippen molar-refractivity contribution in [2.75, 3.05) is 11.5 Å². The van der Waals surface area contributed by atoms with Crippen LogP contribution in [0.3, 0.4) is 0 Å². The van der Waals surface area contributed by atoms with E-state index in [1.807, 2.05) is 44.2 Å². The first-order chi connectivity index (χ1) is 10.7. The van der Waals surface area contributed by atoms with E-state index in [4.69, 9.17) is 10.8 Å². The van der Waals surface area contributed by atoms with E-state index in [1.54, 1.807) is 6.20 Å². The van der Waals surface area contributed by atoms with E-state index < -0.39 is 0 Å². The number of hydrogen-bond acceptors (Lipinski definition) is 6. The van der Waals surface area contributed by atoms with Crippen molar-refractivity contribution in [1.29, 1.82) is 10.8 Å². The number of aromatic nitrogens is 2. The van der Waals surface area contributed by atoms with Gasteiger partial charge in [0.2, 0.25) is 0 Å². The Morgan fingerprint density at radius 3 is 2.50 bits per heavy atom. The summed E-state index contributed by atoms with van der Waals surface area (Å²) in [7, 11) is 0. The van der Waals surface area contributed by atoms with Crippen molar-refractivity contribution in [3.8, 4) is 11.3 Å². The van der Waals surface area contributed by atoms with Gasteiger partial charge in [0.25, 0.3) is 0 Å². The van der Waals surface area contributed by atoms with E-state index in [-0.39, 0.29) is 0 Å². The van der Waals surface area contributed by atoms with Crippen LogP contribution in [0.15, 0.2) is 36.5 Å². The lowest BCUT2D eigenvalue weighted by molar-refractivity contribution is 1.14. The zero-order valence-electron chi connectivity index (χ0n) is 12.6. The van der Waals surface area contributed by atoms with Gasteiger partial charge in [-0.05, 0) is 23.6 Å². The average Bonchev–Trinajstić information content (AvgIpc) is 2.55. The smallest absolute Gasteiger partial charge is 0.184 e. The summed E-state index contributed by atoms with van der Waals surface area (Å²) in [6, 6.07) is 9.64. The molecule has 0 fully saturated rings. The molecule has 0 saturated carbocycles. The summed E-state index contributed by atoms with van der Waals surface area (Å²) in [6.07, 6.45) is 1.68. The van der Waals surface area contributed by atoms with Crippen LogP contribution in [0, 0.1) is 10.8 Å². The minimum atomic E-state index is 0.384. The van der Waals surface area contributed by atoms with Crippen molar-refractivity contribution < 1.29 is 0 Å². The van der Waals surface area contributed by atoms with Crippen molar-refractivity contribution >= 4 is 33.6 Å². The average molecular weight is 330 g/mol. The summed E-state index contributed by atoms with van der Waals surface area (Å²) in [5, 5.41) is 16.9. The lowest BCUT2D eigenvalue weighted by Crippen LogP contribution is -2.03. The van der Waals surface area contributed by atoms with Crippen molar-refractivity contribution in [2.24, 2.45) is 0 Å². The number of nitrogens with zero attached hydrogens (tertiary/aromatic N) is 2. The minimum Gasteiger partial charge on any atom is -0.293 e. The van der Waals surface area contributed by atoms with E-state index in [9.17, 15) is 0 Å². The standard InChI is InChI=1S/C16H18N4S2/c1-3-21-14(17)12-7-5-6-11(10-12)13-8-9-19-16(20-13)15(18)22-4-2/h5-10,17-18H,3-4H2,1-2H3. The highest BCUT2D eigenvalue weighted by Gasteiger charge is 2.09. The molecule has 22 heavy (non-hydrogen) atoms. The number of thioether (sulfide) groups is 2. The minimum absolute atomic E-state index is 0.384. The maximum absolute atomic E-state index is 8.05. The molecule has 0 saturated heterocycles. The molecule has 114 valence electrons. The summed E-state index contributed by atoms with van der Waals surface area (Å²) < 4.78 is 0. The lowest BCUT2D eigenvalue weighted by atomic mass is 10.1. The third kappa shape index (κ3) is 4.18. The Morgan fingerprint density at radius 1 is 1.05 bits per heavy atom. The molecule has 0 aliphatic carbocycles. The van der Waals surface area contributed by atoms with Crippen LogP contribution in [-0.2, 0) is 0 Å². The Bertz CT molecular complexity index is 626. The first kappa shape index (κ1) is 16.7. The summed E-state index contributed by atoms with van der Waals surface area (Å²) in [5.41, 5.74) is 2.61. The van der Waals surface area contributed by atoms with Crippen LogP contribution >= 0.6 is 23.5 Å². The van der Waals surface area contributed by atoms with Gasteiger partial charge >= 0.3 is 0 Å². The highest BCUT2D eigenvalue weighted by atomic mass is 32.2. The number of benzene rings is 1. The molecular weight excluding hydrogens is 312 g/mol. The zero-order chi connectivity index (χ0) is 15.9. The molecular formula is C16H18N4S2. The molecule has 0 bridgehead atoms. The number of rotatable bonds is 5. The van der Waals surface area contributed by atoms with E-state index in [2.05, 4.69) is 9.97 Å². The number of nitrogens with one attached hydrogen (secondary N) is 2. The predicted octanol–water partition coefficient (Wildman–Crippen LogP) is 4.30. The maximum atomic E-state index is 8.05. The van der Waals surface area contributed by atoms with Gasteiger partial charge in [-0.3, -0.25) is 10.8 Å². The summed E-state index contributed by atoms with van der Waals surface area (Å²) in [4.78, 5) is 8.64. The molecule has 0 aliphatic rings. The third-order valence-corrected chi connectivity index (χ3v) is 4.43. The van der Waals surface area contributed by atoms with Gasteiger partial charge in [-0.25, -0.2) is 9.97 Å². The zero-order valence-corrected chi connectivity index (χ0v) is 14.2. The Kier molecular flexibility index (Phi) is 6.15. The molecule has 1 heterocycles. The normalized spacial score (nSPS) is 10.5. The molecule has 0 spiro atoms. The fourth-order valence-corrected chi connectivity index (χ4v) is 2.98. The molecule has 0 unspecified atom stereocenters. The first-order valence-corrected chi connectivity index (χ1v) is 8.99. The van der Waals surface area contributed by atoms with Gasteiger partial charge in [0.15, 0.2) is 5.82 Å². The monoisotopic (exact) mass is 330 g/mol. The molecule has 2 rings (SSSR count). The molecule has 4 nitrogen and oxygen atoms in total. The topological polar surface area (TPSA) is 73.5 Å². The largest absolute Gasteiger partial charge is 0.293 e. The second kappa shape index (κ2) is 8.10. The van der Waals surface area contributed by atoms with Gasteiger partial charge < -0.3 is 0 Å². The third-order valence-electron chi connectivity index (χ3n) is 2.86. The van der Waals surface area contributed by atoms with E-state index in [0.717, 1.165) is 28.3 Å². The van der Waals surface area contributed by atoms with Crippen LogP contribution < -0.4 is 0 Å². The van der Waals surface area contributed by atoms with Crippen LogP contribution in [0.5, 0.6) is 0 Å². The molecule has 0 amide bonds. The molecule has 0 atom stereocenters. The molecule has 1 aromatic heterocycles. The van der Waals surface area contributed by atoms with Gasteiger partial charge in [-0.15, -0.1) is 23.5 Å². The molecule has 0 aliphatic heterocycles. The van der Waals surface area contributed by atoms with Crippen molar-refractivity contribution in [3.63, 3.8) is 0 Å². The van der Waals surface area contributed by atoms with Crippen LogP contribution in [-0.4, -0.2) is 31.6 Å². The van der Waals surface area contributed by atoms with Crippen molar-refractivity contribution in [3.05, 3.63) is 47.9 Å². The van der Waals surface area contributed by atoms with Crippen molar-refractivity contribution in [2.45, 2.75) is 13.8 Å². The molecule has 6 heteroatoms.